The second-order valence-corrected chi connectivity index (χ2v) is 5.18. The van der Waals surface area contributed by atoms with E-state index in [-0.39, 0.29) is 6.04 Å². The molecule has 0 amide bonds. The number of halogens is 1. The normalized spacial score (nSPS) is 12.2. The first-order valence-corrected chi connectivity index (χ1v) is 6.68. The molecule has 0 aliphatic heterocycles. The molecule has 0 radical (unpaired) electrons. The van der Waals surface area contributed by atoms with Crippen molar-refractivity contribution in [2.75, 3.05) is 7.11 Å². The van der Waals surface area contributed by atoms with E-state index in [4.69, 9.17) is 10.6 Å². The van der Waals surface area contributed by atoms with Gasteiger partial charge in [0.1, 0.15) is 5.75 Å². The summed E-state index contributed by atoms with van der Waals surface area (Å²) < 4.78 is 6.43. The van der Waals surface area contributed by atoms with Crippen LogP contribution in [0.1, 0.15) is 17.2 Å². The van der Waals surface area contributed by atoms with Crippen molar-refractivity contribution in [3.05, 3.63) is 63.2 Å². The predicted octanol–water partition coefficient (Wildman–Crippen LogP) is 2.85. The molecule has 0 aromatic heterocycles. The molecule has 3 N–H and O–H groups in total. The summed E-state index contributed by atoms with van der Waals surface area (Å²) in [4.78, 5) is 0. The Morgan fingerprint density at radius 1 is 1.11 bits per heavy atom. The molecule has 2 rings (SSSR count). The van der Waals surface area contributed by atoms with Gasteiger partial charge < -0.3 is 4.74 Å². The molecule has 2 aromatic carbocycles. The van der Waals surface area contributed by atoms with Crippen LogP contribution < -0.4 is 16.0 Å². The van der Waals surface area contributed by atoms with Crippen molar-refractivity contribution in [3.8, 4) is 5.75 Å². The Morgan fingerprint density at radius 3 is 2.39 bits per heavy atom. The monoisotopic (exact) mass is 354 g/mol. The van der Waals surface area contributed by atoms with Crippen LogP contribution >= 0.6 is 22.6 Å². The quantitative estimate of drug-likeness (QED) is 0.504. The SMILES string of the molecule is COc1cccc(C(NN)c2cccc(I)c2)c1. The van der Waals surface area contributed by atoms with Crippen molar-refractivity contribution in [1.29, 1.82) is 0 Å². The van der Waals surface area contributed by atoms with Crippen LogP contribution in [0.5, 0.6) is 5.75 Å². The zero-order valence-corrected chi connectivity index (χ0v) is 12.2. The number of hydrogen-bond donors (Lipinski definition) is 2. The number of hydrazine groups is 1. The highest BCUT2D eigenvalue weighted by molar-refractivity contribution is 14.1. The number of rotatable bonds is 4. The fourth-order valence-electron chi connectivity index (χ4n) is 1.89. The first kappa shape index (κ1) is 13.3. The number of nitrogens with one attached hydrogen (secondary N) is 1. The first-order chi connectivity index (χ1) is 8.74. The van der Waals surface area contributed by atoms with Crippen LogP contribution in [-0.4, -0.2) is 7.11 Å². The maximum absolute atomic E-state index is 5.69. The second kappa shape index (κ2) is 6.17. The molecule has 0 aliphatic rings. The molecule has 1 unspecified atom stereocenters. The molecular weight excluding hydrogens is 339 g/mol. The van der Waals surface area contributed by atoms with Gasteiger partial charge in [0.15, 0.2) is 0 Å². The minimum absolute atomic E-state index is 0.0326. The van der Waals surface area contributed by atoms with Gasteiger partial charge >= 0.3 is 0 Å². The number of ether oxygens (including phenoxy) is 1. The van der Waals surface area contributed by atoms with E-state index in [2.05, 4.69) is 46.2 Å². The summed E-state index contributed by atoms with van der Waals surface area (Å²) in [5, 5.41) is 0. The largest absolute Gasteiger partial charge is 0.497 e. The zero-order valence-electron chi connectivity index (χ0n) is 10.1. The molecular formula is C14H15IN2O. The summed E-state index contributed by atoms with van der Waals surface area (Å²) >= 11 is 2.30. The molecule has 3 nitrogen and oxygen atoms in total. The van der Waals surface area contributed by atoms with Crippen molar-refractivity contribution in [1.82, 2.24) is 5.43 Å². The Hall–Kier alpha value is -1.11. The lowest BCUT2D eigenvalue weighted by Crippen LogP contribution is -2.28. The highest BCUT2D eigenvalue weighted by Gasteiger charge is 2.13. The van der Waals surface area contributed by atoms with Crippen LogP contribution in [0.15, 0.2) is 48.5 Å². The zero-order chi connectivity index (χ0) is 13.0. The van der Waals surface area contributed by atoms with E-state index in [1.807, 2.05) is 30.3 Å². The summed E-state index contributed by atoms with van der Waals surface area (Å²) in [6, 6.07) is 16.1. The lowest BCUT2D eigenvalue weighted by molar-refractivity contribution is 0.413. The minimum Gasteiger partial charge on any atom is -0.497 e. The number of benzene rings is 2. The average molecular weight is 354 g/mol. The van der Waals surface area contributed by atoms with Crippen molar-refractivity contribution >= 4 is 22.6 Å². The number of methoxy groups -OCH3 is 1. The molecule has 0 heterocycles. The second-order valence-electron chi connectivity index (χ2n) is 3.93. The molecule has 0 saturated heterocycles. The lowest BCUT2D eigenvalue weighted by atomic mass is 9.99. The standard InChI is InChI=1S/C14H15IN2O/c1-18-13-7-3-5-11(9-13)14(17-16)10-4-2-6-12(15)8-10/h2-9,14,17H,16H2,1H3. The fraction of sp³-hybridized carbons (Fsp3) is 0.143. The Kier molecular flexibility index (Phi) is 4.57. The van der Waals surface area contributed by atoms with Gasteiger partial charge in [0, 0.05) is 3.57 Å². The summed E-state index contributed by atoms with van der Waals surface area (Å²) in [6.45, 7) is 0. The predicted molar refractivity (Wildman–Crippen MR) is 81.3 cm³/mol. The fourth-order valence-corrected chi connectivity index (χ4v) is 2.46. The van der Waals surface area contributed by atoms with Gasteiger partial charge in [0.2, 0.25) is 0 Å². The summed E-state index contributed by atoms with van der Waals surface area (Å²) in [5.41, 5.74) is 5.07. The molecule has 4 heteroatoms. The Balaban J connectivity index is 2.38. The van der Waals surface area contributed by atoms with E-state index in [0.29, 0.717) is 0 Å². The van der Waals surface area contributed by atoms with Gasteiger partial charge in [-0.15, -0.1) is 0 Å². The highest BCUT2D eigenvalue weighted by Crippen LogP contribution is 2.25. The van der Waals surface area contributed by atoms with E-state index >= 15 is 0 Å². The van der Waals surface area contributed by atoms with Crippen molar-refractivity contribution in [3.63, 3.8) is 0 Å². The summed E-state index contributed by atoms with van der Waals surface area (Å²) in [6.07, 6.45) is 0. The van der Waals surface area contributed by atoms with Gasteiger partial charge in [-0.05, 0) is 58.0 Å². The van der Waals surface area contributed by atoms with Crippen LogP contribution in [0, 0.1) is 3.57 Å². The van der Waals surface area contributed by atoms with Crippen LogP contribution in [-0.2, 0) is 0 Å². The van der Waals surface area contributed by atoms with Crippen LogP contribution in [0.2, 0.25) is 0 Å². The third-order valence-corrected chi connectivity index (χ3v) is 3.45. The van der Waals surface area contributed by atoms with Gasteiger partial charge in [0.25, 0.3) is 0 Å². The van der Waals surface area contributed by atoms with Crippen LogP contribution in [0.3, 0.4) is 0 Å². The van der Waals surface area contributed by atoms with Crippen LogP contribution in [0.4, 0.5) is 0 Å². The molecule has 0 fully saturated rings. The minimum atomic E-state index is -0.0326. The van der Waals surface area contributed by atoms with Gasteiger partial charge in [-0.25, -0.2) is 5.43 Å². The Morgan fingerprint density at radius 2 is 1.78 bits per heavy atom. The molecule has 1 atom stereocenters. The number of nitrogens with two attached hydrogens (primary N) is 1. The summed E-state index contributed by atoms with van der Waals surface area (Å²) in [7, 11) is 1.66. The maximum atomic E-state index is 5.69. The summed E-state index contributed by atoms with van der Waals surface area (Å²) in [5.74, 6) is 6.52. The van der Waals surface area contributed by atoms with E-state index in [1.54, 1.807) is 7.11 Å². The topological polar surface area (TPSA) is 47.3 Å². The molecule has 94 valence electrons. The highest BCUT2D eigenvalue weighted by atomic mass is 127. The lowest BCUT2D eigenvalue weighted by Gasteiger charge is -2.17. The molecule has 2 aromatic rings. The van der Waals surface area contributed by atoms with Crippen LogP contribution in [0.25, 0.3) is 0 Å². The first-order valence-electron chi connectivity index (χ1n) is 5.60. The Bertz CT molecular complexity index is 531. The van der Waals surface area contributed by atoms with Crippen molar-refractivity contribution in [2.24, 2.45) is 5.84 Å². The van der Waals surface area contributed by atoms with Gasteiger partial charge in [-0.3, -0.25) is 5.84 Å². The average Bonchev–Trinajstić information content (AvgIpc) is 2.40. The van der Waals surface area contributed by atoms with E-state index < -0.39 is 0 Å². The van der Waals surface area contributed by atoms with Gasteiger partial charge in [0.05, 0.1) is 13.2 Å². The van der Waals surface area contributed by atoms with E-state index in [9.17, 15) is 0 Å². The number of hydrogen-bond acceptors (Lipinski definition) is 3. The van der Waals surface area contributed by atoms with Crippen molar-refractivity contribution < 1.29 is 4.74 Å². The van der Waals surface area contributed by atoms with E-state index in [0.717, 1.165) is 16.9 Å². The Labute approximate surface area is 120 Å². The smallest absolute Gasteiger partial charge is 0.119 e. The molecule has 0 aliphatic carbocycles. The third kappa shape index (κ3) is 3.01. The van der Waals surface area contributed by atoms with Crippen molar-refractivity contribution in [2.45, 2.75) is 6.04 Å². The van der Waals surface area contributed by atoms with E-state index in [1.165, 1.54) is 3.57 Å². The van der Waals surface area contributed by atoms with Gasteiger partial charge in [-0.1, -0.05) is 24.3 Å². The molecule has 0 bridgehead atoms. The molecule has 18 heavy (non-hydrogen) atoms. The maximum Gasteiger partial charge on any atom is 0.119 e. The third-order valence-electron chi connectivity index (χ3n) is 2.78. The molecule has 0 spiro atoms. The van der Waals surface area contributed by atoms with Gasteiger partial charge in [-0.2, -0.15) is 0 Å². The molecule has 0 saturated carbocycles.